The van der Waals surface area contributed by atoms with Gasteiger partial charge in [-0.25, -0.2) is 14.2 Å². The second-order valence-corrected chi connectivity index (χ2v) is 7.90. The molecule has 0 N–H and O–H groups in total. The predicted molar refractivity (Wildman–Crippen MR) is 111 cm³/mol. The van der Waals surface area contributed by atoms with Gasteiger partial charge in [0, 0.05) is 10.9 Å². The first-order valence-corrected chi connectivity index (χ1v) is 9.82. The van der Waals surface area contributed by atoms with Crippen molar-refractivity contribution in [3.8, 4) is 10.6 Å². The van der Waals surface area contributed by atoms with Gasteiger partial charge in [-0.05, 0) is 48.5 Å². The van der Waals surface area contributed by atoms with E-state index in [2.05, 4.69) is 4.98 Å². The highest BCUT2D eigenvalue weighted by molar-refractivity contribution is 7.19. The second-order valence-electron chi connectivity index (χ2n) is 6.18. The second kappa shape index (κ2) is 8.11. The van der Waals surface area contributed by atoms with E-state index >= 15 is 0 Å². The SMILES string of the molecule is O=C(COC(=O)c1cc(-c2ccc(Cl)s2)nc2ccccc12)c1ccc(F)cc1. The van der Waals surface area contributed by atoms with Gasteiger partial charge in [-0.2, -0.15) is 0 Å². The van der Waals surface area contributed by atoms with Crippen molar-refractivity contribution in [2.24, 2.45) is 0 Å². The number of hydrogen-bond donors (Lipinski definition) is 0. The van der Waals surface area contributed by atoms with Gasteiger partial charge in [-0.15, -0.1) is 11.3 Å². The van der Waals surface area contributed by atoms with Gasteiger partial charge >= 0.3 is 5.97 Å². The highest BCUT2D eigenvalue weighted by atomic mass is 35.5. The number of ketones is 1. The summed E-state index contributed by atoms with van der Waals surface area (Å²) < 4.78 is 18.9. The number of benzene rings is 2. The molecule has 0 radical (unpaired) electrons. The zero-order chi connectivity index (χ0) is 20.4. The Bertz CT molecular complexity index is 1220. The van der Waals surface area contributed by atoms with E-state index in [0.717, 1.165) is 4.88 Å². The van der Waals surface area contributed by atoms with Gasteiger partial charge in [0.05, 0.1) is 26.0 Å². The summed E-state index contributed by atoms with van der Waals surface area (Å²) in [5.74, 6) is -1.49. The fourth-order valence-corrected chi connectivity index (χ4v) is 3.85. The van der Waals surface area contributed by atoms with Gasteiger partial charge in [0.25, 0.3) is 0 Å². The number of carbonyl (C=O) groups excluding carboxylic acids is 2. The number of rotatable bonds is 5. The molecule has 0 unspecified atom stereocenters. The van der Waals surface area contributed by atoms with Crippen molar-refractivity contribution in [3.63, 3.8) is 0 Å². The lowest BCUT2D eigenvalue weighted by molar-refractivity contribution is 0.0476. The molecule has 4 aromatic rings. The molecule has 0 amide bonds. The highest BCUT2D eigenvalue weighted by Gasteiger charge is 2.17. The van der Waals surface area contributed by atoms with E-state index in [1.165, 1.54) is 35.6 Å². The maximum absolute atomic E-state index is 13.0. The molecule has 0 spiro atoms. The molecule has 0 atom stereocenters. The Morgan fingerprint density at radius 2 is 1.79 bits per heavy atom. The zero-order valence-electron chi connectivity index (χ0n) is 14.9. The molecule has 2 aromatic carbocycles. The fourth-order valence-electron chi connectivity index (χ4n) is 2.85. The fraction of sp³-hybridized carbons (Fsp3) is 0.0455. The van der Waals surface area contributed by atoms with E-state index in [1.807, 2.05) is 12.1 Å². The molecule has 0 fully saturated rings. The molecule has 29 heavy (non-hydrogen) atoms. The topological polar surface area (TPSA) is 56.3 Å². The van der Waals surface area contributed by atoms with Crippen molar-refractivity contribution >= 4 is 45.6 Å². The number of thiophene rings is 1. The Hall–Kier alpha value is -3.09. The van der Waals surface area contributed by atoms with Crippen molar-refractivity contribution < 1.29 is 18.7 Å². The summed E-state index contributed by atoms with van der Waals surface area (Å²) in [6.45, 7) is -0.443. The summed E-state index contributed by atoms with van der Waals surface area (Å²) in [4.78, 5) is 30.4. The first-order valence-electron chi connectivity index (χ1n) is 8.62. The smallest absolute Gasteiger partial charge is 0.339 e. The molecule has 0 aliphatic carbocycles. The average molecular weight is 426 g/mol. The normalized spacial score (nSPS) is 10.8. The van der Waals surface area contributed by atoms with Crippen LogP contribution in [0.2, 0.25) is 4.34 Å². The maximum atomic E-state index is 13.0. The van der Waals surface area contributed by atoms with E-state index in [4.69, 9.17) is 16.3 Å². The van der Waals surface area contributed by atoms with Crippen molar-refractivity contribution in [1.82, 2.24) is 4.98 Å². The molecule has 0 saturated carbocycles. The molecule has 0 saturated heterocycles. The number of halogens is 2. The molecule has 144 valence electrons. The van der Waals surface area contributed by atoms with E-state index < -0.39 is 24.2 Å². The largest absolute Gasteiger partial charge is 0.454 e. The minimum Gasteiger partial charge on any atom is -0.454 e. The van der Waals surface area contributed by atoms with Crippen LogP contribution in [0.15, 0.2) is 66.7 Å². The van der Waals surface area contributed by atoms with E-state index in [-0.39, 0.29) is 5.56 Å². The lowest BCUT2D eigenvalue weighted by atomic mass is 10.1. The predicted octanol–water partition coefficient (Wildman–Crippen LogP) is 5.80. The molecule has 0 aliphatic heterocycles. The quantitative estimate of drug-likeness (QED) is 0.299. The lowest BCUT2D eigenvalue weighted by Crippen LogP contribution is -2.15. The zero-order valence-corrected chi connectivity index (χ0v) is 16.5. The standard InChI is InChI=1S/C22H13ClFNO3S/c23-21-10-9-20(29-21)18-11-16(15-3-1-2-4-17(15)25-18)22(27)28-12-19(26)13-5-7-14(24)8-6-13/h1-11H,12H2. The Morgan fingerprint density at radius 1 is 1.03 bits per heavy atom. The molecular formula is C22H13ClFNO3S. The van der Waals surface area contributed by atoms with Crippen LogP contribution >= 0.6 is 22.9 Å². The van der Waals surface area contributed by atoms with Gasteiger partial charge < -0.3 is 4.74 Å². The van der Waals surface area contributed by atoms with Crippen LogP contribution in [0.4, 0.5) is 4.39 Å². The average Bonchev–Trinajstić information content (AvgIpc) is 3.18. The third-order valence-electron chi connectivity index (χ3n) is 4.26. The van der Waals surface area contributed by atoms with E-state index in [0.29, 0.717) is 26.5 Å². The monoisotopic (exact) mass is 425 g/mol. The number of hydrogen-bond acceptors (Lipinski definition) is 5. The molecule has 7 heteroatoms. The van der Waals surface area contributed by atoms with Crippen molar-refractivity contribution in [2.45, 2.75) is 0 Å². The van der Waals surface area contributed by atoms with Crippen LogP contribution in [-0.4, -0.2) is 23.3 Å². The van der Waals surface area contributed by atoms with Gasteiger partial charge in [-0.3, -0.25) is 4.79 Å². The van der Waals surface area contributed by atoms with Crippen LogP contribution < -0.4 is 0 Å². The minimum atomic E-state index is -0.636. The number of esters is 1. The minimum absolute atomic E-state index is 0.271. The Balaban J connectivity index is 1.62. The van der Waals surface area contributed by atoms with Crippen LogP contribution in [0, 0.1) is 5.82 Å². The molecule has 4 nitrogen and oxygen atoms in total. The van der Waals surface area contributed by atoms with E-state index in [9.17, 15) is 14.0 Å². The number of fused-ring (bicyclic) bond motifs is 1. The molecular weight excluding hydrogens is 413 g/mol. The van der Waals surface area contributed by atoms with E-state index in [1.54, 1.807) is 30.3 Å². The molecule has 0 bridgehead atoms. The summed E-state index contributed by atoms with van der Waals surface area (Å²) in [5, 5.41) is 0.623. The number of ether oxygens (including phenoxy) is 1. The molecule has 2 aromatic heterocycles. The number of nitrogens with zero attached hydrogens (tertiary/aromatic N) is 1. The maximum Gasteiger partial charge on any atom is 0.339 e. The van der Waals surface area contributed by atoms with Gasteiger partial charge in [0.15, 0.2) is 12.4 Å². The third-order valence-corrected chi connectivity index (χ3v) is 5.52. The summed E-state index contributed by atoms with van der Waals surface area (Å²) >= 11 is 7.37. The van der Waals surface area contributed by atoms with Crippen molar-refractivity contribution in [3.05, 3.63) is 88.0 Å². The first-order chi connectivity index (χ1) is 14.0. The summed E-state index contributed by atoms with van der Waals surface area (Å²) in [6, 6.07) is 17.5. The van der Waals surface area contributed by atoms with Crippen molar-refractivity contribution in [1.29, 1.82) is 0 Å². The van der Waals surface area contributed by atoms with Crippen LogP contribution in [0.1, 0.15) is 20.7 Å². The number of para-hydroxylation sites is 1. The Kier molecular flexibility index (Phi) is 5.38. The van der Waals surface area contributed by atoms with Crippen molar-refractivity contribution in [2.75, 3.05) is 6.61 Å². The summed E-state index contributed by atoms with van der Waals surface area (Å²) in [7, 11) is 0. The number of carbonyl (C=O) groups is 2. The van der Waals surface area contributed by atoms with Crippen LogP contribution in [-0.2, 0) is 4.74 Å². The van der Waals surface area contributed by atoms with Gasteiger partial charge in [0.2, 0.25) is 0 Å². The lowest BCUT2D eigenvalue weighted by Gasteiger charge is -2.09. The van der Waals surface area contributed by atoms with Gasteiger partial charge in [0.1, 0.15) is 5.82 Å². The van der Waals surface area contributed by atoms with Crippen LogP contribution in [0.3, 0.4) is 0 Å². The molecule has 4 rings (SSSR count). The first kappa shape index (κ1) is 19.2. The summed E-state index contributed by atoms with van der Waals surface area (Å²) in [6.07, 6.45) is 0. The Morgan fingerprint density at radius 3 is 2.52 bits per heavy atom. The number of aromatic nitrogens is 1. The molecule has 0 aliphatic rings. The number of Topliss-reactive ketones (excluding diaryl/α,β-unsaturated/α-hetero) is 1. The third kappa shape index (κ3) is 4.18. The van der Waals surface area contributed by atoms with Crippen LogP contribution in [0.25, 0.3) is 21.5 Å². The van der Waals surface area contributed by atoms with Gasteiger partial charge in [-0.1, -0.05) is 29.8 Å². The highest BCUT2D eigenvalue weighted by Crippen LogP contribution is 2.32. The van der Waals surface area contributed by atoms with Crippen LogP contribution in [0.5, 0.6) is 0 Å². The number of pyridine rings is 1. The molecule has 2 heterocycles. The summed E-state index contributed by atoms with van der Waals surface area (Å²) in [5.41, 5.74) is 1.80. The Labute approximate surface area is 174 Å².